The van der Waals surface area contributed by atoms with Gasteiger partial charge in [0.05, 0.1) is 12.5 Å². The number of rotatable bonds is 6. The van der Waals surface area contributed by atoms with Gasteiger partial charge in [0.1, 0.15) is 0 Å². The molecule has 1 heterocycles. The lowest BCUT2D eigenvalue weighted by molar-refractivity contribution is -0.138. The molecule has 1 aliphatic heterocycles. The maximum absolute atomic E-state index is 12.3. The van der Waals surface area contributed by atoms with Crippen LogP contribution in [0, 0.1) is 0 Å². The highest BCUT2D eigenvalue weighted by molar-refractivity contribution is 7.99. The zero-order valence-corrected chi connectivity index (χ0v) is 12.4. The predicted octanol–water partition coefficient (Wildman–Crippen LogP) is 0.540. The van der Waals surface area contributed by atoms with Crippen molar-refractivity contribution < 1.29 is 14.7 Å². The number of nitrogens with zero attached hydrogens (tertiary/aromatic N) is 2. The molecule has 19 heavy (non-hydrogen) atoms. The van der Waals surface area contributed by atoms with Crippen LogP contribution in [0.2, 0.25) is 0 Å². The number of aliphatic carboxylic acids is 1. The molecular formula is C12H23N3O3S. The topological polar surface area (TPSA) is 72.9 Å². The molecule has 0 radical (unpaired) electrons. The third-order valence-corrected chi connectivity index (χ3v) is 4.22. The molecule has 2 N–H and O–H groups in total. The Hall–Kier alpha value is -0.950. The van der Waals surface area contributed by atoms with Crippen LogP contribution in [0.15, 0.2) is 0 Å². The average molecular weight is 289 g/mol. The minimum absolute atomic E-state index is 0.0308. The van der Waals surface area contributed by atoms with Crippen LogP contribution in [0.4, 0.5) is 4.79 Å². The maximum Gasteiger partial charge on any atom is 0.320 e. The number of amides is 2. The SMILES string of the molecule is CNCCCN(C)C(=O)N1CCSCC1CC(=O)O. The predicted molar refractivity (Wildman–Crippen MR) is 76.6 cm³/mol. The molecule has 0 bridgehead atoms. The second kappa shape index (κ2) is 8.27. The van der Waals surface area contributed by atoms with Gasteiger partial charge in [-0.1, -0.05) is 0 Å². The minimum atomic E-state index is -0.844. The van der Waals surface area contributed by atoms with Crippen LogP contribution in [0.5, 0.6) is 0 Å². The summed E-state index contributed by atoms with van der Waals surface area (Å²) in [5, 5.41) is 12.0. The van der Waals surface area contributed by atoms with E-state index in [0.29, 0.717) is 18.8 Å². The van der Waals surface area contributed by atoms with Crippen LogP contribution in [0.3, 0.4) is 0 Å². The van der Waals surface area contributed by atoms with Crippen LogP contribution in [-0.2, 0) is 4.79 Å². The largest absolute Gasteiger partial charge is 0.481 e. The number of nitrogens with one attached hydrogen (secondary N) is 1. The minimum Gasteiger partial charge on any atom is -0.481 e. The maximum atomic E-state index is 12.3. The van der Waals surface area contributed by atoms with Crippen molar-refractivity contribution in [3.05, 3.63) is 0 Å². The summed E-state index contributed by atoms with van der Waals surface area (Å²) < 4.78 is 0. The Morgan fingerprint density at radius 2 is 2.26 bits per heavy atom. The number of urea groups is 1. The highest BCUT2D eigenvalue weighted by Crippen LogP contribution is 2.20. The van der Waals surface area contributed by atoms with Crippen LogP contribution in [0.1, 0.15) is 12.8 Å². The summed E-state index contributed by atoms with van der Waals surface area (Å²) in [5.41, 5.74) is 0. The van der Waals surface area contributed by atoms with E-state index in [1.165, 1.54) is 0 Å². The van der Waals surface area contributed by atoms with E-state index in [-0.39, 0.29) is 18.5 Å². The van der Waals surface area contributed by atoms with Crippen molar-refractivity contribution >= 4 is 23.8 Å². The first-order valence-corrected chi connectivity index (χ1v) is 7.67. The van der Waals surface area contributed by atoms with Gasteiger partial charge in [0.25, 0.3) is 0 Å². The Kier molecular flexibility index (Phi) is 7.01. The number of hydrogen-bond donors (Lipinski definition) is 2. The van der Waals surface area contributed by atoms with Crippen LogP contribution < -0.4 is 5.32 Å². The smallest absolute Gasteiger partial charge is 0.320 e. The van der Waals surface area contributed by atoms with E-state index in [1.54, 1.807) is 28.6 Å². The van der Waals surface area contributed by atoms with E-state index >= 15 is 0 Å². The molecule has 7 heteroatoms. The summed E-state index contributed by atoms with van der Waals surface area (Å²) in [6, 6.07) is -0.238. The lowest BCUT2D eigenvalue weighted by atomic mass is 10.2. The fourth-order valence-corrected chi connectivity index (χ4v) is 3.15. The number of carboxylic acid groups (broad SMARTS) is 1. The van der Waals surface area contributed by atoms with Gasteiger partial charge in [-0.3, -0.25) is 4.79 Å². The van der Waals surface area contributed by atoms with Gasteiger partial charge < -0.3 is 20.2 Å². The van der Waals surface area contributed by atoms with Gasteiger partial charge >= 0.3 is 12.0 Å². The molecule has 0 spiro atoms. The molecule has 6 nitrogen and oxygen atoms in total. The molecule has 0 aliphatic carbocycles. The average Bonchev–Trinajstić information content (AvgIpc) is 2.38. The molecule has 0 aromatic carbocycles. The monoisotopic (exact) mass is 289 g/mol. The normalized spacial score (nSPS) is 19.3. The first kappa shape index (κ1) is 16.1. The quantitative estimate of drug-likeness (QED) is 0.698. The van der Waals surface area contributed by atoms with Crippen molar-refractivity contribution in [1.82, 2.24) is 15.1 Å². The molecular weight excluding hydrogens is 266 g/mol. The summed E-state index contributed by atoms with van der Waals surface area (Å²) in [6.45, 7) is 2.19. The van der Waals surface area contributed by atoms with Crippen molar-refractivity contribution in [2.24, 2.45) is 0 Å². The Morgan fingerprint density at radius 3 is 2.89 bits per heavy atom. The number of carbonyl (C=O) groups excluding carboxylic acids is 1. The summed E-state index contributed by atoms with van der Waals surface area (Å²) in [5.74, 6) is 0.748. The lowest BCUT2D eigenvalue weighted by Crippen LogP contribution is -2.51. The fourth-order valence-electron chi connectivity index (χ4n) is 2.09. The first-order chi connectivity index (χ1) is 9.06. The number of hydrogen-bond acceptors (Lipinski definition) is 4. The lowest BCUT2D eigenvalue weighted by Gasteiger charge is -2.37. The molecule has 0 saturated carbocycles. The molecule has 1 unspecified atom stereocenters. The van der Waals surface area contributed by atoms with E-state index in [9.17, 15) is 9.59 Å². The van der Waals surface area contributed by atoms with Gasteiger partial charge in [0.2, 0.25) is 0 Å². The molecule has 1 atom stereocenters. The molecule has 2 amide bonds. The number of carboxylic acids is 1. The molecule has 110 valence electrons. The fraction of sp³-hybridized carbons (Fsp3) is 0.833. The molecule has 1 aliphatic rings. The van der Waals surface area contributed by atoms with Gasteiger partial charge in [-0.15, -0.1) is 0 Å². The van der Waals surface area contributed by atoms with Gasteiger partial charge in [0, 0.05) is 31.6 Å². The summed E-state index contributed by atoms with van der Waals surface area (Å²) in [6.07, 6.45) is 0.925. The van der Waals surface area contributed by atoms with Gasteiger partial charge in [-0.05, 0) is 20.0 Å². The number of carbonyl (C=O) groups is 2. The highest BCUT2D eigenvalue weighted by atomic mass is 32.2. The zero-order valence-electron chi connectivity index (χ0n) is 11.6. The van der Waals surface area contributed by atoms with Gasteiger partial charge in [-0.2, -0.15) is 11.8 Å². The van der Waals surface area contributed by atoms with E-state index in [2.05, 4.69) is 5.32 Å². The molecule has 1 saturated heterocycles. The summed E-state index contributed by atoms with van der Waals surface area (Å²) >= 11 is 1.71. The molecule has 1 fully saturated rings. The Bertz CT molecular complexity index is 315. The Balaban J connectivity index is 2.53. The van der Waals surface area contributed by atoms with Gasteiger partial charge in [0.15, 0.2) is 0 Å². The highest BCUT2D eigenvalue weighted by Gasteiger charge is 2.30. The Labute approximate surface area is 118 Å². The summed E-state index contributed by atoms with van der Waals surface area (Å²) in [4.78, 5) is 26.6. The van der Waals surface area contributed by atoms with E-state index in [0.717, 1.165) is 18.7 Å². The second-order valence-electron chi connectivity index (χ2n) is 4.68. The van der Waals surface area contributed by atoms with Gasteiger partial charge in [-0.25, -0.2) is 4.79 Å². The van der Waals surface area contributed by atoms with Crippen LogP contribution in [-0.4, -0.2) is 78.2 Å². The van der Waals surface area contributed by atoms with Crippen molar-refractivity contribution in [3.63, 3.8) is 0 Å². The van der Waals surface area contributed by atoms with Crippen molar-refractivity contribution in [2.45, 2.75) is 18.9 Å². The van der Waals surface area contributed by atoms with E-state index < -0.39 is 5.97 Å². The van der Waals surface area contributed by atoms with Crippen LogP contribution >= 0.6 is 11.8 Å². The zero-order chi connectivity index (χ0) is 14.3. The molecule has 0 aromatic rings. The summed E-state index contributed by atoms with van der Waals surface area (Å²) in [7, 11) is 3.66. The standard InChI is InChI=1S/C12H23N3O3S/c1-13-4-3-5-14(2)12(18)15-6-7-19-9-10(15)8-11(16)17/h10,13H,3-9H2,1-2H3,(H,16,17). The second-order valence-corrected chi connectivity index (χ2v) is 5.83. The third kappa shape index (κ3) is 5.28. The number of thioether (sulfide) groups is 1. The van der Waals surface area contributed by atoms with E-state index in [4.69, 9.17) is 5.11 Å². The first-order valence-electron chi connectivity index (χ1n) is 6.52. The van der Waals surface area contributed by atoms with Crippen molar-refractivity contribution in [3.8, 4) is 0 Å². The Morgan fingerprint density at radius 1 is 1.53 bits per heavy atom. The van der Waals surface area contributed by atoms with E-state index in [1.807, 2.05) is 7.05 Å². The van der Waals surface area contributed by atoms with Crippen molar-refractivity contribution in [2.75, 3.05) is 45.2 Å². The third-order valence-electron chi connectivity index (χ3n) is 3.13. The van der Waals surface area contributed by atoms with Crippen molar-refractivity contribution in [1.29, 1.82) is 0 Å². The molecule has 1 rings (SSSR count). The molecule has 0 aromatic heterocycles. The van der Waals surface area contributed by atoms with Crippen LogP contribution in [0.25, 0.3) is 0 Å².